The van der Waals surface area contributed by atoms with Gasteiger partial charge in [-0.3, -0.25) is 4.79 Å². The van der Waals surface area contributed by atoms with E-state index in [4.69, 9.17) is 0 Å². The minimum Gasteiger partial charge on any atom is -0.336 e. The van der Waals surface area contributed by atoms with E-state index in [0.717, 1.165) is 42.4 Å². The average Bonchev–Trinajstić information content (AvgIpc) is 3.59. The maximum atomic E-state index is 13.0. The van der Waals surface area contributed by atoms with E-state index in [1.165, 1.54) is 30.2 Å². The SMILES string of the molecule is CCCn1c(SCC(=O)N(C2CC2)C(C)C2CC2)nnc1-c1cccc(C)c1. The van der Waals surface area contributed by atoms with E-state index in [9.17, 15) is 4.79 Å². The molecule has 4 rings (SSSR count). The molecule has 2 aliphatic carbocycles. The zero-order valence-electron chi connectivity index (χ0n) is 17.1. The maximum Gasteiger partial charge on any atom is 0.233 e. The Labute approximate surface area is 171 Å². The molecular formula is C22H30N4OS. The van der Waals surface area contributed by atoms with Gasteiger partial charge in [-0.1, -0.05) is 42.4 Å². The van der Waals surface area contributed by atoms with Gasteiger partial charge < -0.3 is 9.47 Å². The van der Waals surface area contributed by atoms with E-state index < -0.39 is 0 Å². The second-order valence-electron chi connectivity index (χ2n) is 8.23. The highest BCUT2D eigenvalue weighted by atomic mass is 32.2. The van der Waals surface area contributed by atoms with E-state index >= 15 is 0 Å². The van der Waals surface area contributed by atoms with Crippen LogP contribution in [0.1, 0.15) is 51.5 Å². The van der Waals surface area contributed by atoms with E-state index in [1.54, 1.807) is 0 Å². The predicted molar refractivity (Wildman–Crippen MR) is 113 cm³/mol. The second kappa shape index (κ2) is 8.27. The molecule has 6 heteroatoms. The lowest BCUT2D eigenvalue weighted by Crippen LogP contribution is -2.42. The zero-order chi connectivity index (χ0) is 19.7. The van der Waals surface area contributed by atoms with Crippen molar-refractivity contribution in [3.05, 3.63) is 29.8 Å². The molecule has 2 saturated carbocycles. The Morgan fingerprint density at radius 1 is 1.29 bits per heavy atom. The average molecular weight is 399 g/mol. The summed E-state index contributed by atoms with van der Waals surface area (Å²) in [5.41, 5.74) is 2.29. The highest BCUT2D eigenvalue weighted by Crippen LogP contribution is 2.40. The highest BCUT2D eigenvalue weighted by molar-refractivity contribution is 7.99. The third kappa shape index (κ3) is 4.27. The van der Waals surface area contributed by atoms with Gasteiger partial charge in [-0.05, 0) is 57.9 Å². The number of amides is 1. The van der Waals surface area contributed by atoms with Gasteiger partial charge in [0.15, 0.2) is 11.0 Å². The van der Waals surface area contributed by atoms with Gasteiger partial charge in [0, 0.05) is 24.2 Å². The Hall–Kier alpha value is -1.82. The van der Waals surface area contributed by atoms with Crippen LogP contribution in [0.5, 0.6) is 0 Å². The molecule has 0 spiro atoms. The van der Waals surface area contributed by atoms with Gasteiger partial charge >= 0.3 is 0 Å². The van der Waals surface area contributed by atoms with Gasteiger partial charge in [-0.25, -0.2) is 0 Å². The maximum absolute atomic E-state index is 13.0. The molecule has 2 fully saturated rings. The summed E-state index contributed by atoms with van der Waals surface area (Å²) in [4.78, 5) is 15.2. The highest BCUT2D eigenvalue weighted by Gasteiger charge is 2.41. The normalized spacial score (nSPS) is 17.5. The Kier molecular flexibility index (Phi) is 5.76. The molecule has 5 nitrogen and oxygen atoms in total. The Balaban J connectivity index is 1.49. The quantitative estimate of drug-likeness (QED) is 0.582. The van der Waals surface area contributed by atoms with Gasteiger partial charge in [0.2, 0.25) is 5.91 Å². The van der Waals surface area contributed by atoms with Crippen LogP contribution in [0.3, 0.4) is 0 Å². The summed E-state index contributed by atoms with van der Waals surface area (Å²) in [6.45, 7) is 7.34. The number of rotatable bonds is 9. The van der Waals surface area contributed by atoms with Gasteiger partial charge in [0.25, 0.3) is 0 Å². The first-order valence-electron chi connectivity index (χ1n) is 10.5. The molecule has 0 bridgehead atoms. The van der Waals surface area contributed by atoms with Crippen molar-refractivity contribution in [1.29, 1.82) is 0 Å². The number of aryl methyl sites for hydroxylation is 1. The molecule has 2 aliphatic rings. The van der Waals surface area contributed by atoms with Gasteiger partial charge in [0.05, 0.1) is 5.75 Å². The van der Waals surface area contributed by atoms with Crippen molar-refractivity contribution in [2.75, 3.05) is 5.75 Å². The summed E-state index contributed by atoms with van der Waals surface area (Å²) in [7, 11) is 0. The Morgan fingerprint density at radius 3 is 2.71 bits per heavy atom. The van der Waals surface area contributed by atoms with E-state index in [1.807, 2.05) is 0 Å². The van der Waals surface area contributed by atoms with Crippen molar-refractivity contribution in [3.63, 3.8) is 0 Å². The largest absolute Gasteiger partial charge is 0.336 e. The minimum atomic E-state index is 0.259. The number of hydrogen-bond donors (Lipinski definition) is 0. The summed E-state index contributed by atoms with van der Waals surface area (Å²) >= 11 is 1.54. The lowest BCUT2D eigenvalue weighted by Gasteiger charge is -2.29. The van der Waals surface area contributed by atoms with Gasteiger partial charge in [-0.15, -0.1) is 10.2 Å². The van der Waals surface area contributed by atoms with Crippen LogP contribution in [0.2, 0.25) is 0 Å². The first kappa shape index (κ1) is 19.5. The molecule has 0 N–H and O–H groups in total. The first-order chi connectivity index (χ1) is 13.6. The molecular weight excluding hydrogens is 368 g/mol. The molecule has 1 atom stereocenters. The topological polar surface area (TPSA) is 51.0 Å². The summed E-state index contributed by atoms with van der Waals surface area (Å²) in [6, 6.07) is 9.22. The number of thioether (sulfide) groups is 1. The smallest absolute Gasteiger partial charge is 0.233 e. The van der Waals surface area contributed by atoms with Crippen LogP contribution in [-0.2, 0) is 11.3 Å². The van der Waals surface area contributed by atoms with Crippen LogP contribution in [-0.4, -0.2) is 43.4 Å². The van der Waals surface area contributed by atoms with Crippen molar-refractivity contribution in [2.24, 2.45) is 5.92 Å². The van der Waals surface area contributed by atoms with Crippen molar-refractivity contribution in [2.45, 2.75) is 76.7 Å². The molecule has 2 aromatic rings. The molecule has 1 heterocycles. The zero-order valence-corrected chi connectivity index (χ0v) is 17.9. The summed E-state index contributed by atoms with van der Waals surface area (Å²) in [6.07, 6.45) is 5.88. The predicted octanol–water partition coefficient (Wildman–Crippen LogP) is 4.55. The third-order valence-electron chi connectivity index (χ3n) is 5.74. The van der Waals surface area contributed by atoms with Gasteiger partial charge in [-0.2, -0.15) is 0 Å². The molecule has 150 valence electrons. The third-order valence-corrected chi connectivity index (χ3v) is 6.69. The first-order valence-corrected chi connectivity index (χ1v) is 11.5. The molecule has 0 aliphatic heterocycles. The fourth-order valence-corrected chi connectivity index (χ4v) is 4.77. The van der Waals surface area contributed by atoms with E-state index in [2.05, 4.69) is 64.7 Å². The van der Waals surface area contributed by atoms with Crippen molar-refractivity contribution >= 4 is 17.7 Å². The Morgan fingerprint density at radius 2 is 2.07 bits per heavy atom. The van der Waals surface area contributed by atoms with Crippen LogP contribution in [0.4, 0.5) is 0 Å². The number of aromatic nitrogens is 3. The fourth-order valence-electron chi connectivity index (χ4n) is 3.94. The van der Waals surface area contributed by atoms with Crippen LogP contribution < -0.4 is 0 Å². The Bertz CT molecular complexity index is 841. The summed E-state index contributed by atoms with van der Waals surface area (Å²) in [5, 5.41) is 9.74. The molecule has 1 aromatic carbocycles. The standard InChI is InChI=1S/C22H30N4OS/c1-4-12-25-21(18-7-5-6-15(2)13-18)23-24-22(25)28-14-20(27)26(19-10-11-19)16(3)17-8-9-17/h5-7,13,16-17,19H,4,8-12,14H2,1-3H3. The summed E-state index contributed by atoms with van der Waals surface area (Å²) < 4.78 is 2.17. The molecule has 1 unspecified atom stereocenters. The lowest BCUT2D eigenvalue weighted by molar-refractivity contribution is -0.131. The van der Waals surface area contributed by atoms with Crippen molar-refractivity contribution in [3.8, 4) is 11.4 Å². The van der Waals surface area contributed by atoms with Crippen LogP contribution in [0.25, 0.3) is 11.4 Å². The van der Waals surface area contributed by atoms with E-state index in [0.29, 0.717) is 23.8 Å². The number of benzene rings is 1. The van der Waals surface area contributed by atoms with Crippen LogP contribution in [0.15, 0.2) is 29.4 Å². The van der Waals surface area contributed by atoms with Crippen molar-refractivity contribution < 1.29 is 4.79 Å². The monoisotopic (exact) mass is 398 g/mol. The molecule has 0 radical (unpaired) electrons. The van der Waals surface area contributed by atoms with Crippen LogP contribution in [0, 0.1) is 12.8 Å². The molecule has 1 aromatic heterocycles. The number of carbonyl (C=O) groups excluding carboxylic acids is 1. The number of hydrogen-bond acceptors (Lipinski definition) is 4. The number of carbonyl (C=O) groups is 1. The van der Waals surface area contributed by atoms with Crippen molar-refractivity contribution in [1.82, 2.24) is 19.7 Å². The summed E-state index contributed by atoms with van der Waals surface area (Å²) in [5.74, 6) is 2.32. The van der Waals surface area contributed by atoms with E-state index in [-0.39, 0.29) is 5.91 Å². The van der Waals surface area contributed by atoms with Gasteiger partial charge in [0.1, 0.15) is 0 Å². The number of nitrogens with zero attached hydrogens (tertiary/aromatic N) is 4. The fraction of sp³-hybridized carbons (Fsp3) is 0.591. The lowest BCUT2D eigenvalue weighted by atomic mass is 10.1. The molecule has 0 saturated heterocycles. The molecule has 1 amide bonds. The second-order valence-corrected chi connectivity index (χ2v) is 9.17. The minimum absolute atomic E-state index is 0.259. The van der Waals surface area contributed by atoms with Crippen LogP contribution >= 0.6 is 11.8 Å². The molecule has 28 heavy (non-hydrogen) atoms.